The van der Waals surface area contributed by atoms with E-state index in [-0.39, 0.29) is 0 Å². The van der Waals surface area contributed by atoms with Gasteiger partial charge in [-0.05, 0) is 35.4 Å². The molecule has 0 aliphatic carbocycles. The molecule has 0 heterocycles. The maximum Gasteiger partial charge on any atom is 0.0926 e. The molecule has 0 atom stereocenters. The van der Waals surface area contributed by atoms with Crippen molar-refractivity contribution in [2.45, 2.75) is 0 Å². The SMILES string of the molecule is [N-]=[N+]=NCC=Cc1ccc(N=C=S)c(Cl)c1. The number of rotatable bonds is 4. The topological polar surface area (TPSA) is 61.1 Å². The fraction of sp³-hybridized carbons (Fsp3) is 0.100. The van der Waals surface area contributed by atoms with Crippen LogP contribution in [-0.2, 0) is 0 Å². The van der Waals surface area contributed by atoms with Gasteiger partial charge in [-0.15, -0.1) is 0 Å². The van der Waals surface area contributed by atoms with E-state index in [0.717, 1.165) is 5.56 Å². The van der Waals surface area contributed by atoms with E-state index < -0.39 is 0 Å². The first kappa shape index (κ1) is 12.4. The number of halogens is 1. The Hall–Kier alpha value is -1.64. The molecule has 0 aliphatic heterocycles. The largest absolute Gasteiger partial charge is 0.193 e. The van der Waals surface area contributed by atoms with Crippen LogP contribution in [0.15, 0.2) is 34.4 Å². The van der Waals surface area contributed by atoms with E-state index >= 15 is 0 Å². The molecule has 0 bridgehead atoms. The predicted molar refractivity (Wildman–Crippen MR) is 69.2 cm³/mol. The fourth-order valence-electron chi connectivity index (χ4n) is 1.04. The van der Waals surface area contributed by atoms with E-state index in [4.69, 9.17) is 17.1 Å². The van der Waals surface area contributed by atoms with Gasteiger partial charge in [0, 0.05) is 11.5 Å². The second-order valence-corrected chi connectivity index (χ2v) is 3.32. The highest BCUT2D eigenvalue weighted by molar-refractivity contribution is 7.78. The highest BCUT2D eigenvalue weighted by atomic mass is 35.5. The van der Waals surface area contributed by atoms with Gasteiger partial charge in [0.1, 0.15) is 0 Å². The van der Waals surface area contributed by atoms with Gasteiger partial charge < -0.3 is 0 Å². The summed E-state index contributed by atoms with van der Waals surface area (Å²) in [5.74, 6) is 0. The van der Waals surface area contributed by atoms with Crippen molar-refractivity contribution in [1.29, 1.82) is 0 Å². The lowest BCUT2D eigenvalue weighted by Gasteiger charge is -1.97. The summed E-state index contributed by atoms with van der Waals surface area (Å²) in [5.41, 5.74) is 9.57. The summed E-state index contributed by atoms with van der Waals surface area (Å²) in [4.78, 5) is 6.43. The van der Waals surface area contributed by atoms with Gasteiger partial charge in [0.25, 0.3) is 0 Å². The third-order valence-electron chi connectivity index (χ3n) is 1.70. The molecule has 0 amide bonds. The summed E-state index contributed by atoms with van der Waals surface area (Å²) in [6, 6.07) is 5.33. The molecule has 0 fully saturated rings. The zero-order chi connectivity index (χ0) is 11.8. The first-order valence-electron chi connectivity index (χ1n) is 4.32. The minimum atomic E-state index is 0.313. The number of thiocarbonyl (C=S) groups is 1. The van der Waals surface area contributed by atoms with Gasteiger partial charge in [-0.3, -0.25) is 0 Å². The minimum Gasteiger partial charge on any atom is -0.193 e. The second-order valence-electron chi connectivity index (χ2n) is 2.73. The third kappa shape index (κ3) is 3.85. The molecule has 0 radical (unpaired) electrons. The maximum atomic E-state index is 8.08. The molecule has 4 nitrogen and oxygen atoms in total. The summed E-state index contributed by atoms with van der Waals surface area (Å²) in [5, 5.41) is 6.13. The molecule has 1 aromatic rings. The number of benzene rings is 1. The Bertz CT molecular complexity index is 500. The first-order valence-corrected chi connectivity index (χ1v) is 5.11. The van der Waals surface area contributed by atoms with Crippen molar-refractivity contribution in [3.05, 3.63) is 45.3 Å². The number of azide groups is 1. The van der Waals surface area contributed by atoms with Crippen molar-refractivity contribution in [2.24, 2.45) is 10.1 Å². The van der Waals surface area contributed by atoms with Crippen LogP contribution in [-0.4, -0.2) is 11.7 Å². The molecule has 1 aromatic carbocycles. The minimum absolute atomic E-state index is 0.313. The Balaban J connectivity index is 2.84. The highest BCUT2D eigenvalue weighted by Gasteiger charge is 1.97. The summed E-state index contributed by atoms with van der Waals surface area (Å²) < 4.78 is 0. The normalized spacial score (nSPS) is 9.56. The van der Waals surface area contributed by atoms with Crippen LogP contribution in [0.1, 0.15) is 5.56 Å². The number of hydrogen-bond acceptors (Lipinski definition) is 3. The van der Waals surface area contributed by atoms with Crippen molar-refractivity contribution in [3.8, 4) is 0 Å². The van der Waals surface area contributed by atoms with Crippen LogP contribution in [0.2, 0.25) is 5.02 Å². The molecule has 80 valence electrons. The van der Waals surface area contributed by atoms with Gasteiger partial charge >= 0.3 is 0 Å². The molecule has 0 N–H and O–H groups in total. The van der Waals surface area contributed by atoms with Crippen molar-refractivity contribution in [3.63, 3.8) is 0 Å². The first-order chi connectivity index (χ1) is 7.77. The van der Waals surface area contributed by atoms with Crippen LogP contribution in [0.3, 0.4) is 0 Å². The van der Waals surface area contributed by atoms with Crippen LogP contribution < -0.4 is 0 Å². The highest BCUT2D eigenvalue weighted by Crippen LogP contribution is 2.25. The predicted octanol–water partition coefficient (Wildman–Crippen LogP) is 4.40. The number of aliphatic imine (C=N–C) groups is 1. The van der Waals surface area contributed by atoms with Gasteiger partial charge in [-0.2, -0.15) is 4.99 Å². The fourth-order valence-corrected chi connectivity index (χ4v) is 1.37. The number of isothiocyanates is 1. The van der Waals surface area contributed by atoms with Crippen molar-refractivity contribution >= 4 is 40.7 Å². The van der Waals surface area contributed by atoms with Gasteiger partial charge in [0.15, 0.2) is 0 Å². The second kappa shape index (κ2) is 6.77. The van der Waals surface area contributed by atoms with Gasteiger partial charge in [-0.25, -0.2) is 0 Å². The third-order valence-corrected chi connectivity index (χ3v) is 2.09. The summed E-state index contributed by atoms with van der Waals surface area (Å²) in [7, 11) is 0. The van der Waals surface area contributed by atoms with Crippen LogP contribution in [0.25, 0.3) is 16.5 Å². The van der Waals surface area contributed by atoms with Crippen molar-refractivity contribution in [2.75, 3.05) is 6.54 Å². The summed E-state index contributed by atoms with van der Waals surface area (Å²) in [6.45, 7) is 0.313. The molecular formula is C10H7ClN4S. The van der Waals surface area contributed by atoms with Crippen LogP contribution >= 0.6 is 23.8 Å². The van der Waals surface area contributed by atoms with E-state index in [1.54, 1.807) is 18.2 Å². The summed E-state index contributed by atoms with van der Waals surface area (Å²) in [6.07, 6.45) is 3.55. The van der Waals surface area contributed by atoms with E-state index in [1.807, 2.05) is 12.1 Å². The average molecular weight is 251 g/mol. The molecule has 0 saturated heterocycles. The van der Waals surface area contributed by atoms with Crippen LogP contribution in [0.5, 0.6) is 0 Å². The molecule has 16 heavy (non-hydrogen) atoms. The van der Waals surface area contributed by atoms with Crippen LogP contribution in [0, 0.1) is 0 Å². The lowest BCUT2D eigenvalue weighted by molar-refractivity contribution is 1.22. The lowest BCUT2D eigenvalue weighted by Crippen LogP contribution is -1.75. The zero-order valence-electron chi connectivity index (χ0n) is 8.17. The maximum absolute atomic E-state index is 8.08. The molecule has 0 spiro atoms. The standard InChI is InChI=1S/C10H7ClN4S/c11-9-6-8(2-1-5-14-15-12)3-4-10(9)13-7-16/h1-4,6H,5H2. The lowest BCUT2D eigenvalue weighted by atomic mass is 10.2. The molecule has 0 saturated carbocycles. The van der Waals surface area contributed by atoms with E-state index in [1.165, 1.54) is 0 Å². The quantitative estimate of drug-likeness (QED) is 0.257. The number of hydrogen-bond donors (Lipinski definition) is 0. The molecular weight excluding hydrogens is 244 g/mol. The smallest absolute Gasteiger partial charge is 0.0926 e. The Morgan fingerprint density at radius 2 is 2.38 bits per heavy atom. The van der Waals surface area contributed by atoms with Gasteiger partial charge in [0.05, 0.1) is 15.9 Å². The van der Waals surface area contributed by atoms with Crippen molar-refractivity contribution < 1.29 is 0 Å². The zero-order valence-corrected chi connectivity index (χ0v) is 9.74. The Morgan fingerprint density at radius 1 is 1.56 bits per heavy atom. The summed E-state index contributed by atoms with van der Waals surface area (Å²) >= 11 is 10.4. The van der Waals surface area contributed by atoms with E-state index in [9.17, 15) is 0 Å². The van der Waals surface area contributed by atoms with E-state index in [0.29, 0.717) is 17.3 Å². The van der Waals surface area contributed by atoms with E-state index in [2.05, 4.69) is 32.4 Å². The Morgan fingerprint density at radius 3 is 3.00 bits per heavy atom. The van der Waals surface area contributed by atoms with Crippen molar-refractivity contribution in [1.82, 2.24) is 0 Å². The Kier molecular flexibility index (Phi) is 5.26. The molecule has 0 aromatic heterocycles. The molecule has 1 rings (SSSR count). The number of nitrogens with zero attached hydrogens (tertiary/aromatic N) is 4. The van der Waals surface area contributed by atoms with Gasteiger partial charge in [-0.1, -0.05) is 34.9 Å². The average Bonchev–Trinajstić information content (AvgIpc) is 2.28. The Labute approximate surface area is 103 Å². The molecule has 6 heteroatoms. The molecule has 0 aliphatic rings. The molecule has 0 unspecified atom stereocenters. The van der Waals surface area contributed by atoms with Gasteiger partial charge in [0.2, 0.25) is 0 Å². The monoisotopic (exact) mass is 250 g/mol. The van der Waals surface area contributed by atoms with Crippen LogP contribution in [0.4, 0.5) is 5.69 Å².